The lowest BCUT2D eigenvalue weighted by atomic mass is 10.1. The van der Waals surface area contributed by atoms with E-state index < -0.39 is 4.92 Å². The summed E-state index contributed by atoms with van der Waals surface area (Å²) in [6.07, 6.45) is 0. The van der Waals surface area contributed by atoms with Gasteiger partial charge >= 0.3 is 0 Å². The number of halogens is 1. The summed E-state index contributed by atoms with van der Waals surface area (Å²) < 4.78 is 3.21. The summed E-state index contributed by atoms with van der Waals surface area (Å²) in [5.41, 5.74) is 3.07. The number of nitro benzene ring substituents is 1. The molecule has 0 saturated carbocycles. The monoisotopic (exact) mass is 380 g/mol. The first-order chi connectivity index (χ1) is 12.9. The van der Waals surface area contributed by atoms with E-state index in [9.17, 15) is 14.9 Å². The lowest BCUT2D eigenvalue weighted by Gasteiger charge is -2.15. The van der Waals surface area contributed by atoms with Gasteiger partial charge in [-0.1, -0.05) is 11.6 Å². The van der Waals surface area contributed by atoms with Gasteiger partial charge in [0.25, 0.3) is 11.2 Å². The summed E-state index contributed by atoms with van der Waals surface area (Å²) in [5.74, 6) is 0. The Hall–Kier alpha value is -3.45. The SMILES string of the molecule is Cc1cc2n(-c3ccc(Cl)cc3)c(-c3ccc([N+](=O)[O-])cc3)cc(=O)n2n1. The number of hydrogen-bond acceptors (Lipinski definition) is 4. The summed E-state index contributed by atoms with van der Waals surface area (Å²) in [6, 6.07) is 16.5. The molecule has 0 spiro atoms. The van der Waals surface area contributed by atoms with Gasteiger partial charge < -0.3 is 0 Å². The Morgan fingerprint density at radius 1 is 1.04 bits per heavy atom. The second-order valence-electron chi connectivity index (χ2n) is 6.04. The molecule has 0 unspecified atom stereocenters. The largest absolute Gasteiger partial charge is 0.294 e. The van der Waals surface area contributed by atoms with Gasteiger partial charge in [0.15, 0.2) is 0 Å². The topological polar surface area (TPSA) is 82.4 Å². The van der Waals surface area contributed by atoms with E-state index in [-0.39, 0.29) is 11.2 Å². The van der Waals surface area contributed by atoms with Crippen LogP contribution < -0.4 is 5.56 Å². The zero-order chi connectivity index (χ0) is 19.1. The minimum absolute atomic E-state index is 0.0135. The van der Waals surface area contributed by atoms with Crippen LogP contribution in [0.3, 0.4) is 0 Å². The molecule has 4 aromatic rings. The van der Waals surface area contributed by atoms with Gasteiger partial charge in [0.1, 0.15) is 5.65 Å². The van der Waals surface area contributed by atoms with Crippen LogP contribution in [0.4, 0.5) is 5.69 Å². The van der Waals surface area contributed by atoms with Crippen LogP contribution in [0.1, 0.15) is 5.69 Å². The minimum Gasteiger partial charge on any atom is -0.294 e. The second kappa shape index (κ2) is 6.37. The Morgan fingerprint density at radius 2 is 1.70 bits per heavy atom. The summed E-state index contributed by atoms with van der Waals surface area (Å²) in [4.78, 5) is 23.0. The quantitative estimate of drug-likeness (QED) is 0.397. The molecule has 2 heterocycles. The van der Waals surface area contributed by atoms with Crippen molar-refractivity contribution in [3.8, 4) is 16.9 Å². The van der Waals surface area contributed by atoms with Gasteiger partial charge in [-0.3, -0.25) is 19.5 Å². The Bertz CT molecular complexity index is 1230. The van der Waals surface area contributed by atoms with Crippen LogP contribution in [0.15, 0.2) is 65.5 Å². The third kappa shape index (κ3) is 2.98. The fraction of sp³-hybridized carbons (Fsp3) is 0.0526. The number of nitrogens with zero attached hydrogens (tertiary/aromatic N) is 4. The highest BCUT2D eigenvalue weighted by Crippen LogP contribution is 2.27. The van der Waals surface area contributed by atoms with Crippen molar-refractivity contribution in [1.29, 1.82) is 0 Å². The molecule has 0 aliphatic rings. The molecule has 0 aliphatic heterocycles. The number of rotatable bonds is 3. The van der Waals surface area contributed by atoms with E-state index in [0.29, 0.717) is 27.6 Å². The average molecular weight is 381 g/mol. The standard InChI is InChI=1S/C19H13ClN4O3/c1-12-10-18-22(15-8-4-14(20)5-9-15)17(11-19(25)23(18)21-12)13-2-6-16(7-3-13)24(26)27/h2-11H,1H3. The predicted octanol–water partition coefficient (Wildman–Crippen LogP) is 4.02. The highest BCUT2D eigenvalue weighted by Gasteiger charge is 2.15. The van der Waals surface area contributed by atoms with Crippen LogP contribution in [0.5, 0.6) is 0 Å². The first-order valence-corrected chi connectivity index (χ1v) is 8.45. The molecule has 27 heavy (non-hydrogen) atoms. The zero-order valence-corrected chi connectivity index (χ0v) is 14.9. The van der Waals surface area contributed by atoms with Gasteiger partial charge in [-0.15, -0.1) is 0 Å². The maximum atomic E-state index is 12.6. The Kier molecular flexibility index (Phi) is 4.01. The molecule has 134 valence electrons. The van der Waals surface area contributed by atoms with Crippen molar-refractivity contribution in [2.75, 3.05) is 0 Å². The maximum Gasteiger partial charge on any atom is 0.274 e. The van der Waals surface area contributed by atoms with Crippen LogP contribution in [-0.4, -0.2) is 19.1 Å². The van der Waals surface area contributed by atoms with Crippen LogP contribution in [0.2, 0.25) is 5.02 Å². The zero-order valence-electron chi connectivity index (χ0n) is 14.2. The van der Waals surface area contributed by atoms with E-state index in [1.807, 2.05) is 29.7 Å². The molecule has 0 N–H and O–H groups in total. The van der Waals surface area contributed by atoms with Crippen LogP contribution in [0, 0.1) is 17.0 Å². The fourth-order valence-electron chi connectivity index (χ4n) is 3.00. The van der Waals surface area contributed by atoms with Gasteiger partial charge in [-0.25, -0.2) is 0 Å². The number of non-ortho nitro benzene ring substituents is 1. The van der Waals surface area contributed by atoms with Crippen molar-refractivity contribution < 1.29 is 4.92 Å². The highest BCUT2D eigenvalue weighted by atomic mass is 35.5. The van der Waals surface area contributed by atoms with Crippen molar-refractivity contribution in [2.24, 2.45) is 0 Å². The third-order valence-corrected chi connectivity index (χ3v) is 4.46. The number of aryl methyl sites for hydroxylation is 1. The van der Waals surface area contributed by atoms with Gasteiger partial charge in [0, 0.05) is 35.0 Å². The number of fused-ring (bicyclic) bond motifs is 1. The van der Waals surface area contributed by atoms with E-state index in [1.54, 1.807) is 24.3 Å². The summed E-state index contributed by atoms with van der Waals surface area (Å²) in [7, 11) is 0. The predicted molar refractivity (Wildman–Crippen MR) is 103 cm³/mol. The molecular formula is C19H13ClN4O3. The molecule has 0 aliphatic carbocycles. The third-order valence-electron chi connectivity index (χ3n) is 4.21. The number of benzene rings is 2. The van der Waals surface area contributed by atoms with Crippen molar-refractivity contribution >= 4 is 22.9 Å². The van der Waals surface area contributed by atoms with Crippen molar-refractivity contribution in [3.05, 3.63) is 91.8 Å². The number of nitro groups is 1. The van der Waals surface area contributed by atoms with E-state index in [2.05, 4.69) is 5.10 Å². The lowest BCUT2D eigenvalue weighted by Crippen LogP contribution is -2.18. The van der Waals surface area contributed by atoms with Crippen molar-refractivity contribution in [2.45, 2.75) is 6.92 Å². The van der Waals surface area contributed by atoms with Gasteiger partial charge in [-0.05, 0) is 48.9 Å². The van der Waals surface area contributed by atoms with Crippen LogP contribution >= 0.6 is 11.6 Å². The van der Waals surface area contributed by atoms with Crippen molar-refractivity contribution in [3.63, 3.8) is 0 Å². The molecule has 0 saturated heterocycles. The molecule has 8 heteroatoms. The van der Waals surface area contributed by atoms with E-state index in [0.717, 1.165) is 5.69 Å². The molecule has 2 aromatic carbocycles. The summed E-state index contributed by atoms with van der Waals surface area (Å²) in [5, 5.41) is 15.8. The fourth-order valence-corrected chi connectivity index (χ4v) is 3.13. The Balaban J connectivity index is 2.04. The van der Waals surface area contributed by atoms with Gasteiger partial charge in [-0.2, -0.15) is 9.61 Å². The minimum atomic E-state index is -0.459. The smallest absolute Gasteiger partial charge is 0.274 e. The first-order valence-electron chi connectivity index (χ1n) is 8.07. The normalized spacial score (nSPS) is 11.0. The number of hydrogen-bond donors (Lipinski definition) is 0. The summed E-state index contributed by atoms with van der Waals surface area (Å²) in [6.45, 7) is 1.81. The number of aromatic nitrogens is 3. The van der Waals surface area contributed by atoms with Crippen molar-refractivity contribution in [1.82, 2.24) is 14.2 Å². The molecule has 0 amide bonds. The maximum absolute atomic E-state index is 12.6. The highest BCUT2D eigenvalue weighted by molar-refractivity contribution is 6.30. The first kappa shape index (κ1) is 17.0. The van der Waals surface area contributed by atoms with E-state index in [4.69, 9.17) is 11.6 Å². The molecule has 0 atom stereocenters. The summed E-state index contributed by atoms with van der Waals surface area (Å²) >= 11 is 6.01. The van der Waals surface area contributed by atoms with Crippen LogP contribution in [0.25, 0.3) is 22.6 Å². The molecule has 2 aromatic heterocycles. The Labute approximate surface area is 158 Å². The molecule has 0 bridgehead atoms. The molecule has 4 rings (SSSR count). The molecular weight excluding hydrogens is 368 g/mol. The van der Waals surface area contributed by atoms with Gasteiger partial charge in [0.2, 0.25) is 0 Å². The Morgan fingerprint density at radius 3 is 2.33 bits per heavy atom. The van der Waals surface area contributed by atoms with E-state index in [1.165, 1.54) is 22.7 Å². The molecule has 0 radical (unpaired) electrons. The average Bonchev–Trinajstić information content (AvgIpc) is 3.05. The molecule has 0 fully saturated rings. The second-order valence-corrected chi connectivity index (χ2v) is 6.48. The van der Waals surface area contributed by atoms with Crippen LogP contribution in [-0.2, 0) is 0 Å². The molecule has 7 nitrogen and oxygen atoms in total. The van der Waals surface area contributed by atoms with E-state index >= 15 is 0 Å². The lowest BCUT2D eigenvalue weighted by molar-refractivity contribution is -0.384. The van der Waals surface area contributed by atoms with Gasteiger partial charge in [0.05, 0.1) is 16.3 Å².